The minimum Gasteiger partial charge on any atom is -0.496 e. The fourth-order valence-electron chi connectivity index (χ4n) is 3.08. The molecule has 2 aromatic carbocycles. The smallest absolute Gasteiger partial charge is 0.265 e. The second-order valence-electron chi connectivity index (χ2n) is 6.64. The average Bonchev–Trinajstić information content (AvgIpc) is 3.34. The van der Waals surface area contributed by atoms with Gasteiger partial charge in [0.05, 0.1) is 13.7 Å². The third-order valence-electron chi connectivity index (χ3n) is 4.62. The highest BCUT2D eigenvalue weighted by Crippen LogP contribution is 2.32. The third kappa shape index (κ3) is 4.67. The summed E-state index contributed by atoms with van der Waals surface area (Å²) in [4.78, 5) is 23.1. The molecule has 33 heavy (non-hydrogen) atoms. The number of benzene rings is 2. The quantitative estimate of drug-likeness (QED) is 0.352. The maximum Gasteiger partial charge on any atom is 0.265 e. The standard InChI is InChI=1S/C22H20FN7O3/c1-24-21-26-18(19-25-20(33-29-19)17-15(23)10-7-11-16(17)32-3)27-22(28-21)30(12-13-31-2)14-8-5-4-6-9-14/h4-11H,1,12-13H2,2-3H3. The SMILES string of the molecule is C=Nc1nc(-c2noc(-c3c(F)cccc3OC)n2)nc(N(CCOC)c2ccccc2)n1. The largest absolute Gasteiger partial charge is 0.496 e. The van der Waals surface area contributed by atoms with Crippen molar-refractivity contribution >= 4 is 24.3 Å². The Kier molecular flexibility index (Phi) is 6.60. The molecule has 0 aliphatic heterocycles. The number of para-hydroxylation sites is 1. The summed E-state index contributed by atoms with van der Waals surface area (Å²) < 4.78 is 30.2. The molecule has 0 aliphatic rings. The summed E-state index contributed by atoms with van der Waals surface area (Å²) in [5.74, 6) is 0.0987. The lowest BCUT2D eigenvalue weighted by atomic mass is 10.2. The highest BCUT2D eigenvalue weighted by molar-refractivity contribution is 5.65. The Bertz CT molecular complexity index is 1250. The number of ether oxygens (including phenoxy) is 2. The fraction of sp³-hybridized carbons (Fsp3) is 0.182. The van der Waals surface area contributed by atoms with Gasteiger partial charge in [-0.25, -0.2) is 9.38 Å². The van der Waals surface area contributed by atoms with Gasteiger partial charge in [0, 0.05) is 19.3 Å². The predicted molar refractivity (Wildman–Crippen MR) is 120 cm³/mol. The van der Waals surface area contributed by atoms with Gasteiger partial charge in [0.25, 0.3) is 11.8 Å². The number of halogens is 1. The Morgan fingerprint density at radius 2 is 1.82 bits per heavy atom. The van der Waals surface area contributed by atoms with Crippen LogP contribution in [0, 0.1) is 5.82 Å². The molecule has 2 heterocycles. The molecule has 0 atom stereocenters. The Hall–Kier alpha value is -4.25. The van der Waals surface area contributed by atoms with Crippen molar-refractivity contribution in [2.75, 3.05) is 32.3 Å². The van der Waals surface area contributed by atoms with Crippen LogP contribution in [0.5, 0.6) is 5.75 Å². The zero-order chi connectivity index (χ0) is 23.2. The molecule has 0 amide bonds. The van der Waals surface area contributed by atoms with Gasteiger partial charge >= 0.3 is 0 Å². The van der Waals surface area contributed by atoms with Gasteiger partial charge in [0.15, 0.2) is 0 Å². The van der Waals surface area contributed by atoms with Crippen LogP contribution in [0.4, 0.5) is 22.0 Å². The van der Waals surface area contributed by atoms with Crippen molar-refractivity contribution in [3.63, 3.8) is 0 Å². The molecule has 4 rings (SSSR count). The van der Waals surface area contributed by atoms with Crippen molar-refractivity contribution in [3.05, 3.63) is 54.3 Å². The number of aliphatic imine (C=N–C) groups is 1. The Morgan fingerprint density at radius 1 is 1.00 bits per heavy atom. The van der Waals surface area contributed by atoms with E-state index in [1.807, 2.05) is 35.2 Å². The van der Waals surface area contributed by atoms with Crippen LogP contribution < -0.4 is 9.64 Å². The van der Waals surface area contributed by atoms with Crippen LogP contribution in [0.1, 0.15) is 0 Å². The normalized spacial score (nSPS) is 10.8. The molecule has 0 unspecified atom stereocenters. The van der Waals surface area contributed by atoms with Gasteiger partial charge in [-0.05, 0) is 31.0 Å². The predicted octanol–water partition coefficient (Wildman–Crippen LogP) is 3.85. The van der Waals surface area contributed by atoms with E-state index >= 15 is 0 Å². The molecule has 168 valence electrons. The van der Waals surface area contributed by atoms with Gasteiger partial charge in [0.1, 0.15) is 17.1 Å². The molecule has 2 aromatic heterocycles. The van der Waals surface area contributed by atoms with Crippen LogP contribution in [-0.2, 0) is 4.74 Å². The van der Waals surface area contributed by atoms with Crippen LogP contribution in [0.15, 0.2) is 58.0 Å². The van der Waals surface area contributed by atoms with E-state index in [-0.39, 0.29) is 34.8 Å². The molecule has 11 heteroatoms. The van der Waals surface area contributed by atoms with Gasteiger partial charge in [-0.15, -0.1) is 0 Å². The third-order valence-corrected chi connectivity index (χ3v) is 4.62. The maximum atomic E-state index is 14.4. The highest BCUT2D eigenvalue weighted by Gasteiger charge is 2.22. The number of hydrogen-bond acceptors (Lipinski definition) is 10. The summed E-state index contributed by atoms with van der Waals surface area (Å²) in [6.07, 6.45) is 0. The molecular formula is C22H20FN7O3. The van der Waals surface area contributed by atoms with Crippen molar-refractivity contribution in [1.82, 2.24) is 25.1 Å². The summed E-state index contributed by atoms with van der Waals surface area (Å²) in [6, 6.07) is 13.9. The minimum atomic E-state index is -0.566. The number of aromatic nitrogens is 5. The Labute approximate surface area is 188 Å². The first-order valence-electron chi connectivity index (χ1n) is 9.86. The number of nitrogens with zero attached hydrogens (tertiary/aromatic N) is 7. The van der Waals surface area contributed by atoms with Crippen molar-refractivity contribution in [2.24, 2.45) is 4.99 Å². The van der Waals surface area contributed by atoms with Gasteiger partial charge < -0.3 is 18.9 Å². The second kappa shape index (κ2) is 9.92. The first-order valence-corrected chi connectivity index (χ1v) is 9.86. The van der Waals surface area contributed by atoms with E-state index in [2.05, 4.69) is 36.8 Å². The number of methoxy groups -OCH3 is 2. The van der Waals surface area contributed by atoms with Crippen molar-refractivity contribution in [2.45, 2.75) is 0 Å². The summed E-state index contributed by atoms with van der Waals surface area (Å²) in [6.45, 7) is 4.40. The summed E-state index contributed by atoms with van der Waals surface area (Å²) >= 11 is 0. The van der Waals surface area contributed by atoms with Crippen LogP contribution in [0.2, 0.25) is 0 Å². The van der Waals surface area contributed by atoms with E-state index in [1.54, 1.807) is 13.2 Å². The van der Waals surface area contributed by atoms with Crippen LogP contribution in [0.3, 0.4) is 0 Å². The molecule has 0 N–H and O–H groups in total. The summed E-state index contributed by atoms with van der Waals surface area (Å²) in [7, 11) is 3.03. The number of hydrogen-bond donors (Lipinski definition) is 0. The van der Waals surface area contributed by atoms with Crippen molar-refractivity contribution in [3.8, 4) is 28.9 Å². The molecular weight excluding hydrogens is 429 g/mol. The molecule has 4 aromatic rings. The molecule has 0 saturated heterocycles. The minimum absolute atomic E-state index is 0.0311. The van der Waals surface area contributed by atoms with Gasteiger partial charge in [-0.2, -0.15) is 19.9 Å². The molecule has 0 bridgehead atoms. The van der Waals surface area contributed by atoms with E-state index in [4.69, 9.17) is 14.0 Å². The monoisotopic (exact) mass is 449 g/mol. The lowest BCUT2D eigenvalue weighted by Gasteiger charge is -2.22. The van der Waals surface area contributed by atoms with Gasteiger partial charge in [-0.1, -0.05) is 29.4 Å². The van der Waals surface area contributed by atoms with E-state index in [0.717, 1.165) is 5.69 Å². The van der Waals surface area contributed by atoms with Crippen LogP contribution in [0.25, 0.3) is 23.1 Å². The van der Waals surface area contributed by atoms with E-state index < -0.39 is 5.82 Å². The molecule has 0 radical (unpaired) electrons. The maximum absolute atomic E-state index is 14.4. The Morgan fingerprint density at radius 3 is 2.55 bits per heavy atom. The zero-order valence-corrected chi connectivity index (χ0v) is 18.0. The van der Waals surface area contributed by atoms with Crippen molar-refractivity contribution in [1.29, 1.82) is 0 Å². The van der Waals surface area contributed by atoms with Gasteiger partial charge in [-0.3, -0.25) is 0 Å². The summed E-state index contributed by atoms with van der Waals surface area (Å²) in [5, 5.41) is 3.92. The van der Waals surface area contributed by atoms with E-state index in [9.17, 15) is 4.39 Å². The zero-order valence-electron chi connectivity index (χ0n) is 18.0. The fourth-order valence-corrected chi connectivity index (χ4v) is 3.08. The van der Waals surface area contributed by atoms with E-state index in [1.165, 1.54) is 19.2 Å². The molecule has 0 spiro atoms. The first kappa shape index (κ1) is 22.0. The highest BCUT2D eigenvalue weighted by atomic mass is 19.1. The van der Waals surface area contributed by atoms with E-state index in [0.29, 0.717) is 19.1 Å². The van der Waals surface area contributed by atoms with Crippen LogP contribution >= 0.6 is 0 Å². The van der Waals surface area contributed by atoms with Gasteiger partial charge in [0.2, 0.25) is 17.6 Å². The lowest BCUT2D eigenvalue weighted by molar-refractivity contribution is 0.207. The molecule has 10 nitrogen and oxygen atoms in total. The second-order valence-corrected chi connectivity index (χ2v) is 6.64. The first-order chi connectivity index (χ1) is 16.1. The van der Waals surface area contributed by atoms with Crippen molar-refractivity contribution < 1.29 is 18.4 Å². The van der Waals surface area contributed by atoms with Crippen LogP contribution in [-0.4, -0.2) is 59.2 Å². The topological polar surface area (TPSA) is 112 Å². The average molecular weight is 449 g/mol. The molecule has 0 fully saturated rings. The number of rotatable bonds is 9. The lowest BCUT2D eigenvalue weighted by Crippen LogP contribution is -2.24. The summed E-state index contributed by atoms with van der Waals surface area (Å²) in [5.41, 5.74) is 0.882. The molecule has 0 saturated carbocycles. The number of anilines is 2. The Balaban J connectivity index is 1.77. The molecule has 0 aliphatic carbocycles.